The molecule has 100 valence electrons. The molecule has 0 spiro atoms. The van der Waals surface area contributed by atoms with Gasteiger partial charge in [0.2, 0.25) is 0 Å². The van der Waals surface area contributed by atoms with Crippen LogP contribution in [0, 0.1) is 0 Å². The summed E-state index contributed by atoms with van der Waals surface area (Å²) in [6.45, 7) is 0. The summed E-state index contributed by atoms with van der Waals surface area (Å²) in [5.41, 5.74) is 1.30. The van der Waals surface area contributed by atoms with E-state index in [-0.39, 0.29) is 5.91 Å². The Bertz CT molecular complexity index is 747. The third-order valence-corrected chi connectivity index (χ3v) is 4.34. The molecule has 3 nitrogen and oxygen atoms in total. The van der Waals surface area contributed by atoms with Crippen LogP contribution in [0.25, 0.3) is 10.2 Å². The first-order chi connectivity index (χ1) is 9.63. The number of thiazole rings is 1. The lowest BCUT2D eigenvalue weighted by Gasteiger charge is -2.00. The van der Waals surface area contributed by atoms with Gasteiger partial charge in [0, 0.05) is 5.56 Å². The maximum atomic E-state index is 12.0. The smallest absolute Gasteiger partial charge is 0.257 e. The standard InChI is InChI=1S/C14H8Cl2N2OS/c15-9-6-11-12(7-10(9)16)20-14(17-11)18-13(19)8-4-2-1-3-5-8/h1-7H,(H,17,18,19). The van der Waals surface area contributed by atoms with Crippen molar-refractivity contribution in [2.75, 3.05) is 5.32 Å². The van der Waals surface area contributed by atoms with Gasteiger partial charge >= 0.3 is 0 Å². The van der Waals surface area contributed by atoms with E-state index in [0.717, 1.165) is 4.70 Å². The van der Waals surface area contributed by atoms with Crippen molar-refractivity contribution < 1.29 is 4.79 Å². The molecule has 1 amide bonds. The molecule has 0 saturated carbocycles. The third kappa shape index (κ3) is 2.63. The Balaban J connectivity index is 1.90. The molecule has 3 rings (SSSR count). The van der Waals surface area contributed by atoms with E-state index in [1.165, 1.54) is 11.3 Å². The number of amides is 1. The summed E-state index contributed by atoms with van der Waals surface area (Å²) in [6.07, 6.45) is 0. The van der Waals surface area contributed by atoms with Gasteiger partial charge in [0.25, 0.3) is 5.91 Å². The number of hydrogen-bond donors (Lipinski definition) is 1. The van der Waals surface area contributed by atoms with Crippen molar-refractivity contribution in [3.63, 3.8) is 0 Å². The minimum Gasteiger partial charge on any atom is -0.298 e. The number of halogens is 2. The number of rotatable bonds is 2. The molecule has 1 aromatic heterocycles. The minimum absolute atomic E-state index is 0.193. The van der Waals surface area contributed by atoms with Gasteiger partial charge in [-0.1, -0.05) is 52.7 Å². The van der Waals surface area contributed by atoms with Gasteiger partial charge in [-0.15, -0.1) is 0 Å². The number of benzene rings is 2. The molecule has 1 N–H and O–H groups in total. The first kappa shape index (κ1) is 13.4. The number of nitrogens with zero attached hydrogens (tertiary/aromatic N) is 1. The zero-order chi connectivity index (χ0) is 14.1. The molecule has 6 heteroatoms. The predicted octanol–water partition coefficient (Wildman–Crippen LogP) is 4.86. The van der Waals surface area contributed by atoms with Crippen molar-refractivity contribution in [2.45, 2.75) is 0 Å². The maximum absolute atomic E-state index is 12.0. The highest BCUT2D eigenvalue weighted by molar-refractivity contribution is 7.22. The van der Waals surface area contributed by atoms with E-state index in [4.69, 9.17) is 23.2 Å². The average molecular weight is 323 g/mol. The van der Waals surface area contributed by atoms with Crippen LogP contribution in [0.5, 0.6) is 0 Å². The van der Waals surface area contributed by atoms with Crippen LogP contribution in [0.2, 0.25) is 10.0 Å². The lowest BCUT2D eigenvalue weighted by molar-refractivity contribution is 0.102. The second-order valence-corrected chi connectivity index (χ2v) is 5.92. The molecular weight excluding hydrogens is 315 g/mol. The fraction of sp³-hybridized carbons (Fsp3) is 0. The topological polar surface area (TPSA) is 42.0 Å². The monoisotopic (exact) mass is 322 g/mol. The lowest BCUT2D eigenvalue weighted by atomic mass is 10.2. The van der Waals surface area contributed by atoms with Crippen molar-refractivity contribution in [1.29, 1.82) is 0 Å². The number of nitrogens with one attached hydrogen (secondary N) is 1. The second-order valence-electron chi connectivity index (χ2n) is 4.07. The Kier molecular flexibility index (Phi) is 3.61. The molecule has 0 aliphatic rings. The normalized spacial score (nSPS) is 10.7. The zero-order valence-corrected chi connectivity index (χ0v) is 12.4. The molecule has 2 aromatic carbocycles. The number of aromatic nitrogens is 1. The summed E-state index contributed by atoms with van der Waals surface area (Å²) in [5.74, 6) is -0.193. The number of carbonyl (C=O) groups is 1. The van der Waals surface area contributed by atoms with Crippen LogP contribution in [-0.4, -0.2) is 10.9 Å². The summed E-state index contributed by atoms with van der Waals surface area (Å²) >= 11 is 13.3. The van der Waals surface area contributed by atoms with Gasteiger partial charge in [0.1, 0.15) is 0 Å². The minimum atomic E-state index is -0.193. The zero-order valence-electron chi connectivity index (χ0n) is 10.1. The van der Waals surface area contributed by atoms with Crippen LogP contribution in [0.1, 0.15) is 10.4 Å². The molecule has 20 heavy (non-hydrogen) atoms. The Hall–Kier alpha value is -1.62. The van der Waals surface area contributed by atoms with Crippen LogP contribution in [0.4, 0.5) is 5.13 Å². The summed E-state index contributed by atoms with van der Waals surface area (Å²) in [6, 6.07) is 12.4. The van der Waals surface area contributed by atoms with E-state index in [9.17, 15) is 4.79 Å². The molecule has 0 radical (unpaired) electrons. The van der Waals surface area contributed by atoms with E-state index >= 15 is 0 Å². The van der Waals surface area contributed by atoms with E-state index < -0.39 is 0 Å². The van der Waals surface area contributed by atoms with Gasteiger partial charge in [0.05, 0.1) is 20.3 Å². The van der Waals surface area contributed by atoms with Crippen molar-refractivity contribution in [2.24, 2.45) is 0 Å². The summed E-state index contributed by atoms with van der Waals surface area (Å²) in [7, 11) is 0. The molecule has 0 unspecified atom stereocenters. The van der Waals surface area contributed by atoms with Gasteiger partial charge in [-0.2, -0.15) is 0 Å². The van der Waals surface area contributed by atoms with E-state index in [2.05, 4.69) is 10.3 Å². The maximum Gasteiger partial charge on any atom is 0.257 e. The molecule has 0 saturated heterocycles. The Labute approximate surface area is 129 Å². The van der Waals surface area contributed by atoms with Crippen LogP contribution < -0.4 is 5.32 Å². The van der Waals surface area contributed by atoms with E-state index in [1.807, 2.05) is 18.2 Å². The third-order valence-electron chi connectivity index (χ3n) is 2.69. The summed E-state index contributed by atoms with van der Waals surface area (Å²) in [4.78, 5) is 16.4. The fourth-order valence-corrected chi connectivity index (χ4v) is 3.00. The van der Waals surface area contributed by atoms with Crippen LogP contribution in [-0.2, 0) is 0 Å². The Morgan fingerprint density at radius 2 is 1.80 bits per heavy atom. The number of carbonyl (C=O) groups excluding carboxylic acids is 1. The Morgan fingerprint density at radius 3 is 2.55 bits per heavy atom. The van der Waals surface area contributed by atoms with Gasteiger partial charge in [-0.05, 0) is 24.3 Å². The number of fused-ring (bicyclic) bond motifs is 1. The SMILES string of the molecule is O=C(Nc1nc2cc(Cl)c(Cl)cc2s1)c1ccccc1. The van der Waals surface area contributed by atoms with Gasteiger partial charge in [-0.3, -0.25) is 10.1 Å². The number of anilines is 1. The lowest BCUT2D eigenvalue weighted by Crippen LogP contribution is -2.11. The van der Waals surface area contributed by atoms with Crippen molar-refractivity contribution in [1.82, 2.24) is 4.98 Å². The van der Waals surface area contributed by atoms with Gasteiger partial charge in [-0.25, -0.2) is 4.98 Å². The fourth-order valence-electron chi connectivity index (χ4n) is 1.74. The first-order valence-corrected chi connectivity index (χ1v) is 7.33. The first-order valence-electron chi connectivity index (χ1n) is 5.75. The summed E-state index contributed by atoms with van der Waals surface area (Å²) in [5, 5.41) is 4.21. The average Bonchev–Trinajstić information content (AvgIpc) is 2.81. The molecule has 0 fully saturated rings. The van der Waals surface area contributed by atoms with Crippen molar-refractivity contribution in [3.05, 3.63) is 58.1 Å². The van der Waals surface area contributed by atoms with Crippen LogP contribution >= 0.6 is 34.5 Å². The van der Waals surface area contributed by atoms with Gasteiger partial charge < -0.3 is 0 Å². The number of hydrogen-bond acceptors (Lipinski definition) is 3. The molecule has 0 aliphatic heterocycles. The predicted molar refractivity (Wildman–Crippen MR) is 84.0 cm³/mol. The highest BCUT2D eigenvalue weighted by Crippen LogP contribution is 2.33. The largest absolute Gasteiger partial charge is 0.298 e. The van der Waals surface area contributed by atoms with Gasteiger partial charge in [0.15, 0.2) is 5.13 Å². The van der Waals surface area contributed by atoms with Crippen LogP contribution in [0.15, 0.2) is 42.5 Å². The van der Waals surface area contributed by atoms with Crippen LogP contribution in [0.3, 0.4) is 0 Å². The van der Waals surface area contributed by atoms with E-state index in [0.29, 0.717) is 26.3 Å². The molecule has 3 aromatic rings. The van der Waals surface area contributed by atoms with Crippen molar-refractivity contribution >= 4 is 55.8 Å². The van der Waals surface area contributed by atoms with E-state index in [1.54, 1.807) is 24.3 Å². The molecule has 0 aliphatic carbocycles. The highest BCUT2D eigenvalue weighted by atomic mass is 35.5. The second kappa shape index (κ2) is 5.40. The highest BCUT2D eigenvalue weighted by Gasteiger charge is 2.11. The van der Waals surface area contributed by atoms with Crippen molar-refractivity contribution in [3.8, 4) is 0 Å². The molecule has 1 heterocycles. The molecule has 0 bridgehead atoms. The summed E-state index contributed by atoms with van der Waals surface area (Å²) < 4.78 is 0.878. The quantitative estimate of drug-likeness (QED) is 0.732. The molecular formula is C14H8Cl2N2OS. The molecule has 0 atom stereocenters. The Morgan fingerprint density at radius 1 is 1.10 bits per heavy atom.